The molecule has 0 unspecified atom stereocenters. The van der Waals surface area contributed by atoms with Gasteiger partial charge in [0.2, 0.25) is 0 Å². The molecule has 3 nitrogen and oxygen atoms in total. The predicted molar refractivity (Wildman–Crippen MR) is 111 cm³/mol. The van der Waals surface area contributed by atoms with E-state index in [4.69, 9.17) is 44.5 Å². The van der Waals surface area contributed by atoms with Crippen molar-refractivity contribution in [1.29, 1.82) is 0 Å². The third-order valence-corrected chi connectivity index (χ3v) is 5.02. The van der Waals surface area contributed by atoms with Crippen LogP contribution in [-0.4, -0.2) is 9.55 Å². The Morgan fingerprint density at radius 2 is 1.59 bits per heavy atom. The van der Waals surface area contributed by atoms with Crippen LogP contribution in [0.5, 0.6) is 5.75 Å². The third kappa shape index (κ3) is 4.06. The summed E-state index contributed by atoms with van der Waals surface area (Å²) < 4.78 is 8.05. The van der Waals surface area contributed by atoms with E-state index in [2.05, 4.69) is 10.6 Å². The lowest BCUT2D eigenvalue weighted by Crippen LogP contribution is -2.08. The Bertz CT molecular complexity index is 1090. The number of rotatable bonds is 5. The highest BCUT2D eigenvalue weighted by molar-refractivity contribution is 6.35. The zero-order valence-corrected chi connectivity index (χ0v) is 16.5. The number of halogens is 3. The minimum Gasteiger partial charge on any atom is -0.484 e. The molecule has 0 aliphatic carbocycles. The molecule has 0 bridgehead atoms. The SMILES string of the molecule is Clc1ccc(Cn2c(COc3ccc(Cl)cc3Cl)nc3ccccc32)cc1. The first kappa shape index (κ1) is 18.2. The molecule has 0 aliphatic rings. The molecule has 4 rings (SSSR count). The molecular formula is C21H15Cl3N2O. The first-order chi connectivity index (χ1) is 13.1. The van der Waals surface area contributed by atoms with Crippen molar-refractivity contribution in [2.45, 2.75) is 13.2 Å². The molecule has 4 aromatic rings. The molecule has 136 valence electrons. The summed E-state index contributed by atoms with van der Waals surface area (Å²) in [5.41, 5.74) is 3.11. The average Bonchev–Trinajstić information content (AvgIpc) is 3.00. The molecule has 1 heterocycles. The van der Waals surface area contributed by atoms with Gasteiger partial charge in [0.15, 0.2) is 0 Å². The fraction of sp³-hybridized carbons (Fsp3) is 0.0952. The van der Waals surface area contributed by atoms with Crippen LogP contribution in [0.4, 0.5) is 0 Å². The standard InChI is InChI=1S/C21H15Cl3N2O/c22-15-7-5-14(6-8-15)12-26-19-4-2-1-3-18(19)25-21(26)13-27-20-10-9-16(23)11-17(20)24/h1-11H,12-13H2. The van der Waals surface area contributed by atoms with Crippen LogP contribution >= 0.6 is 34.8 Å². The molecule has 0 aliphatic heterocycles. The van der Waals surface area contributed by atoms with Gasteiger partial charge < -0.3 is 9.30 Å². The number of fused-ring (bicyclic) bond motifs is 1. The van der Waals surface area contributed by atoms with Crippen molar-refractivity contribution < 1.29 is 4.74 Å². The molecule has 6 heteroatoms. The second kappa shape index (κ2) is 7.81. The highest BCUT2D eigenvalue weighted by atomic mass is 35.5. The van der Waals surface area contributed by atoms with Gasteiger partial charge in [0.05, 0.1) is 16.1 Å². The maximum absolute atomic E-state index is 6.21. The van der Waals surface area contributed by atoms with Crippen LogP contribution in [0.15, 0.2) is 66.7 Å². The zero-order chi connectivity index (χ0) is 18.8. The lowest BCUT2D eigenvalue weighted by Gasteiger charge is -2.12. The summed E-state index contributed by atoms with van der Waals surface area (Å²) in [6, 6.07) is 21.0. The van der Waals surface area contributed by atoms with Gasteiger partial charge in [-0.3, -0.25) is 0 Å². The first-order valence-corrected chi connectivity index (χ1v) is 9.50. The summed E-state index contributed by atoms with van der Waals surface area (Å²) in [5, 5.41) is 1.76. The van der Waals surface area contributed by atoms with Crippen molar-refractivity contribution >= 4 is 45.8 Å². The van der Waals surface area contributed by atoms with Gasteiger partial charge >= 0.3 is 0 Å². The lowest BCUT2D eigenvalue weighted by molar-refractivity contribution is 0.291. The highest BCUT2D eigenvalue weighted by Gasteiger charge is 2.12. The van der Waals surface area contributed by atoms with Gasteiger partial charge in [-0.1, -0.05) is 59.1 Å². The number of benzene rings is 3. The maximum Gasteiger partial charge on any atom is 0.148 e. The molecule has 0 spiro atoms. The fourth-order valence-corrected chi connectivity index (χ4v) is 3.51. The molecule has 0 atom stereocenters. The topological polar surface area (TPSA) is 27.1 Å². The Labute approximate surface area is 172 Å². The van der Waals surface area contributed by atoms with Crippen LogP contribution in [-0.2, 0) is 13.2 Å². The molecule has 0 radical (unpaired) electrons. The van der Waals surface area contributed by atoms with Crippen LogP contribution in [0.2, 0.25) is 15.1 Å². The molecule has 0 saturated heterocycles. The number of hydrogen-bond acceptors (Lipinski definition) is 2. The summed E-state index contributed by atoms with van der Waals surface area (Å²) in [5.74, 6) is 1.39. The van der Waals surface area contributed by atoms with Gasteiger partial charge in [0, 0.05) is 16.6 Å². The van der Waals surface area contributed by atoms with Crippen molar-refractivity contribution in [3.8, 4) is 5.75 Å². The molecule has 0 saturated carbocycles. The Balaban J connectivity index is 1.66. The summed E-state index contributed by atoms with van der Waals surface area (Å²) in [4.78, 5) is 4.73. The number of hydrogen-bond donors (Lipinski definition) is 0. The van der Waals surface area contributed by atoms with Crippen molar-refractivity contribution in [1.82, 2.24) is 9.55 Å². The minimum absolute atomic E-state index is 0.295. The molecule has 27 heavy (non-hydrogen) atoms. The average molecular weight is 418 g/mol. The van der Waals surface area contributed by atoms with Crippen LogP contribution in [0.3, 0.4) is 0 Å². The summed E-state index contributed by atoms with van der Waals surface area (Å²) in [7, 11) is 0. The van der Waals surface area contributed by atoms with Crippen LogP contribution < -0.4 is 4.74 Å². The van der Waals surface area contributed by atoms with E-state index in [0.717, 1.165) is 27.4 Å². The second-order valence-corrected chi connectivity index (χ2v) is 7.37. The van der Waals surface area contributed by atoms with Crippen LogP contribution in [0.1, 0.15) is 11.4 Å². The molecule has 0 fully saturated rings. The fourth-order valence-electron chi connectivity index (χ4n) is 2.92. The van der Waals surface area contributed by atoms with Crippen molar-refractivity contribution in [2.24, 2.45) is 0 Å². The van der Waals surface area contributed by atoms with Gasteiger partial charge in [0.1, 0.15) is 18.2 Å². The summed E-state index contributed by atoms with van der Waals surface area (Å²) in [6.45, 7) is 0.967. The van der Waals surface area contributed by atoms with E-state index >= 15 is 0 Å². The Morgan fingerprint density at radius 3 is 2.37 bits per heavy atom. The van der Waals surface area contributed by atoms with Crippen LogP contribution in [0.25, 0.3) is 11.0 Å². The molecule has 0 amide bonds. The Kier molecular flexibility index (Phi) is 5.26. The van der Waals surface area contributed by atoms with E-state index < -0.39 is 0 Å². The molecule has 3 aromatic carbocycles. The van der Waals surface area contributed by atoms with Gasteiger partial charge in [-0.2, -0.15) is 0 Å². The van der Waals surface area contributed by atoms with Crippen molar-refractivity contribution in [3.63, 3.8) is 0 Å². The summed E-state index contributed by atoms with van der Waals surface area (Å²) >= 11 is 18.2. The number of para-hydroxylation sites is 2. The quantitative estimate of drug-likeness (QED) is 0.364. The Morgan fingerprint density at radius 1 is 0.852 bits per heavy atom. The molecule has 0 N–H and O–H groups in total. The van der Waals surface area contributed by atoms with Crippen LogP contribution in [0, 0.1) is 0 Å². The lowest BCUT2D eigenvalue weighted by atomic mass is 10.2. The first-order valence-electron chi connectivity index (χ1n) is 8.36. The third-order valence-electron chi connectivity index (χ3n) is 4.24. The van der Waals surface area contributed by atoms with Gasteiger partial charge in [-0.25, -0.2) is 4.98 Å². The zero-order valence-electron chi connectivity index (χ0n) is 14.2. The van der Waals surface area contributed by atoms with Gasteiger partial charge in [-0.05, 0) is 48.0 Å². The highest BCUT2D eigenvalue weighted by Crippen LogP contribution is 2.28. The number of imidazole rings is 1. The van der Waals surface area contributed by atoms with E-state index in [1.54, 1.807) is 18.2 Å². The number of aromatic nitrogens is 2. The van der Waals surface area contributed by atoms with Crippen molar-refractivity contribution in [2.75, 3.05) is 0 Å². The molecule has 1 aromatic heterocycles. The normalized spacial score (nSPS) is 11.1. The largest absolute Gasteiger partial charge is 0.484 e. The van der Waals surface area contributed by atoms with Gasteiger partial charge in [0.25, 0.3) is 0 Å². The predicted octanol–water partition coefficient (Wildman–Crippen LogP) is 6.62. The minimum atomic E-state index is 0.295. The monoisotopic (exact) mass is 416 g/mol. The van der Waals surface area contributed by atoms with Crippen molar-refractivity contribution in [3.05, 3.63) is 93.2 Å². The van der Waals surface area contributed by atoms with E-state index in [1.165, 1.54) is 0 Å². The maximum atomic E-state index is 6.21. The van der Waals surface area contributed by atoms with E-state index in [-0.39, 0.29) is 0 Å². The molecular weight excluding hydrogens is 403 g/mol. The van der Waals surface area contributed by atoms with E-state index in [1.807, 2.05) is 42.5 Å². The number of ether oxygens (including phenoxy) is 1. The summed E-state index contributed by atoms with van der Waals surface area (Å²) in [6.07, 6.45) is 0. The number of nitrogens with zero attached hydrogens (tertiary/aromatic N) is 2. The Hall–Kier alpha value is -2.20. The second-order valence-electron chi connectivity index (χ2n) is 6.09. The van der Waals surface area contributed by atoms with Gasteiger partial charge in [-0.15, -0.1) is 0 Å². The van der Waals surface area contributed by atoms with E-state index in [9.17, 15) is 0 Å². The van der Waals surface area contributed by atoms with E-state index in [0.29, 0.717) is 28.9 Å². The smallest absolute Gasteiger partial charge is 0.148 e.